The van der Waals surface area contributed by atoms with Gasteiger partial charge in [-0.3, -0.25) is 0 Å². The predicted molar refractivity (Wildman–Crippen MR) is 204 cm³/mol. The molecule has 8 aromatic carbocycles. The van der Waals surface area contributed by atoms with Crippen LogP contribution in [0.4, 0.5) is 17.1 Å². The first-order valence-corrected chi connectivity index (χ1v) is 14.2. The summed E-state index contributed by atoms with van der Waals surface area (Å²) in [6, 6.07) is -28.1. The lowest BCUT2D eigenvalue weighted by atomic mass is 10.0. The van der Waals surface area contributed by atoms with Crippen molar-refractivity contribution < 1.29 is 48.6 Å². The summed E-state index contributed by atoms with van der Waals surface area (Å²) in [6.45, 7) is 0. The summed E-state index contributed by atoms with van der Waals surface area (Å²) < 4.78 is 271. The number of anilines is 3. The van der Waals surface area contributed by atoms with Gasteiger partial charge in [0.25, 0.3) is 0 Å². The van der Waals surface area contributed by atoms with Crippen LogP contribution in [0.3, 0.4) is 0 Å². The van der Waals surface area contributed by atoms with Crippen LogP contribution in [0, 0.1) is 0 Å². The Morgan fingerprint density at radius 1 is 0.388 bits per heavy atom. The summed E-state index contributed by atoms with van der Waals surface area (Å²) in [5.74, 6) is 0. The number of fused-ring (bicyclic) bond motifs is 8. The first-order chi connectivity index (χ1) is 36.4. The van der Waals surface area contributed by atoms with Crippen molar-refractivity contribution in [1.29, 1.82) is 0 Å². The van der Waals surface area contributed by atoms with Gasteiger partial charge in [-0.15, -0.1) is 0 Å². The first-order valence-electron chi connectivity index (χ1n) is 28.7. The van der Waals surface area contributed by atoms with Gasteiger partial charge in [0.1, 0.15) is 22.3 Å². The van der Waals surface area contributed by atoms with E-state index < -0.39 is 264 Å². The van der Waals surface area contributed by atoms with E-state index in [1.165, 1.54) is 0 Å². The van der Waals surface area contributed by atoms with Gasteiger partial charge in [-0.2, -0.15) is 0 Å². The van der Waals surface area contributed by atoms with E-state index >= 15 is 0 Å². The average molecular weight is 657 g/mol. The molecule has 0 aliphatic heterocycles. The molecule has 0 spiro atoms. The Morgan fingerprint density at radius 3 is 1.78 bits per heavy atom. The van der Waals surface area contributed by atoms with Crippen LogP contribution in [-0.4, -0.2) is 0 Å². The lowest BCUT2D eigenvalue weighted by Gasteiger charge is -2.26. The zero-order valence-electron chi connectivity index (χ0n) is 53.3. The van der Waals surface area contributed by atoms with Crippen LogP contribution < -0.4 is 4.90 Å². The molecule has 0 aliphatic rings. The fraction of sp³-hybridized carbons (Fsp3) is 0. The standard InChI is InChI=1S/C46H29NO2/c1-2-9-30(10-3-1)31-17-23-35(24-18-31)47(41-14-8-16-43-45(41)40-28-21-33-11-4-5-12-37(33)46(40)49-43)36-25-19-32(20-26-36)34-22-27-39-38-13-6-7-15-42(38)48-44(39)29-34/h1-29H/i1D,2D,3D,4D,5D,6D,7D,8D,9D,10D,11D,12D,13D,14D,15D,16D,17D,18D,19D,20D,21D,22D,23D,24D,25D,26D,27D,28D,29D. The van der Waals surface area contributed by atoms with Gasteiger partial charge in [-0.05, 0) is 88.1 Å². The third-order valence-corrected chi connectivity index (χ3v) is 7.51. The Morgan fingerprint density at radius 2 is 0.980 bits per heavy atom. The topological polar surface area (TPSA) is 29.5 Å². The zero-order chi connectivity index (χ0) is 57.5. The molecule has 2 heterocycles. The van der Waals surface area contributed by atoms with Gasteiger partial charge in [0.2, 0.25) is 0 Å². The van der Waals surface area contributed by atoms with Gasteiger partial charge >= 0.3 is 0 Å². The number of hydrogen-bond acceptors (Lipinski definition) is 3. The van der Waals surface area contributed by atoms with Crippen LogP contribution in [0.25, 0.3) is 76.9 Å². The van der Waals surface area contributed by atoms with Crippen molar-refractivity contribution in [2.45, 2.75) is 0 Å². The summed E-state index contributed by atoms with van der Waals surface area (Å²) in [5.41, 5.74) is -9.16. The van der Waals surface area contributed by atoms with E-state index in [0.717, 1.165) is 0 Å². The van der Waals surface area contributed by atoms with Gasteiger partial charge in [-0.25, -0.2) is 0 Å². The number of benzene rings is 8. The van der Waals surface area contributed by atoms with Crippen molar-refractivity contribution in [2.75, 3.05) is 4.90 Å². The number of para-hydroxylation sites is 1. The van der Waals surface area contributed by atoms with Gasteiger partial charge in [0.05, 0.1) is 50.8 Å². The van der Waals surface area contributed by atoms with Gasteiger partial charge in [0, 0.05) is 32.9 Å². The second kappa shape index (κ2) is 11.0. The average Bonchev–Trinajstić information content (AvgIpc) is 4.22. The smallest absolute Gasteiger partial charge is 0.143 e. The number of furan rings is 2. The fourth-order valence-electron chi connectivity index (χ4n) is 5.34. The van der Waals surface area contributed by atoms with Crippen molar-refractivity contribution >= 4 is 71.7 Å². The molecule has 10 rings (SSSR count). The highest BCUT2D eigenvalue weighted by Crippen LogP contribution is 2.45. The Kier molecular flexibility index (Phi) is 2.53. The van der Waals surface area contributed by atoms with Crippen molar-refractivity contribution in [3.63, 3.8) is 0 Å². The van der Waals surface area contributed by atoms with Gasteiger partial charge in [0.15, 0.2) is 0 Å². The lowest BCUT2D eigenvalue weighted by Crippen LogP contribution is -2.10. The molecule has 3 heteroatoms. The second-order valence-electron chi connectivity index (χ2n) is 10.3. The molecule has 0 bridgehead atoms. The van der Waals surface area contributed by atoms with Crippen LogP contribution in [-0.2, 0) is 0 Å². The molecule has 0 unspecified atom stereocenters. The maximum Gasteiger partial charge on any atom is 0.143 e. The van der Waals surface area contributed by atoms with Gasteiger partial charge < -0.3 is 13.7 Å². The van der Waals surface area contributed by atoms with E-state index in [1.807, 2.05) is 0 Å². The first kappa shape index (κ1) is 11.3. The number of hydrogen-bond donors (Lipinski definition) is 0. The summed E-state index contributed by atoms with van der Waals surface area (Å²) in [4.78, 5) is 0.422. The molecular formula is C46H29NO2. The molecule has 0 radical (unpaired) electrons. The third kappa shape index (κ3) is 4.51. The SMILES string of the molecule is [2H]c1c([2H])c([2H])c(-c2c([2H])c([2H])c(N(c3c([2H])c([2H])c(-c4c([2H])c([2H])c5c(oc6c([2H])c([2H])c([2H])c([2H])c65)c4[2H])c([2H])c3[2H])c3c([2H])c([2H])c([2H])c4oc5c6c([2H])c([2H])c([2H])c([2H])c6c([2H])c([2H])c5c34)c([2H])c2[2H])c([2H])c1[2H]. The Hall–Kier alpha value is -6.58. The molecule has 0 amide bonds. The Bertz CT molecular complexity index is 4420. The molecular weight excluding hydrogens is 599 g/mol. The van der Waals surface area contributed by atoms with E-state index in [2.05, 4.69) is 0 Å². The number of nitrogens with zero attached hydrogens (tertiary/aromatic N) is 1. The van der Waals surface area contributed by atoms with E-state index in [9.17, 15) is 15.1 Å². The number of rotatable bonds is 5. The molecule has 0 atom stereocenters. The largest absolute Gasteiger partial charge is 0.456 e. The van der Waals surface area contributed by atoms with Crippen LogP contribution in [0.2, 0.25) is 0 Å². The van der Waals surface area contributed by atoms with Crippen molar-refractivity contribution in [2.24, 2.45) is 0 Å². The molecule has 0 aliphatic carbocycles. The summed E-state index contributed by atoms with van der Waals surface area (Å²) in [7, 11) is 0. The minimum Gasteiger partial charge on any atom is -0.456 e. The van der Waals surface area contributed by atoms with E-state index in [1.54, 1.807) is 0 Å². The maximum absolute atomic E-state index is 9.67. The summed E-state index contributed by atoms with van der Waals surface area (Å²) >= 11 is 0. The Balaban J connectivity index is 1.40. The monoisotopic (exact) mass is 656 g/mol. The predicted octanol–water partition coefficient (Wildman–Crippen LogP) is 13.4. The molecule has 0 N–H and O–H groups in total. The highest BCUT2D eigenvalue weighted by atomic mass is 16.3. The molecule has 2 aromatic heterocycles. The van der Waals surface area contributed by atoms with Gasteiger partial charge in [-0.1, -0.05) is 115 Å². The van der Waals surface area contributed by atoms with Crippen LogP contribution in [0.1, 0.15) is 39.8 Å². The third-order valence-electron chi connectivity index (χ3n) is 7.51. The second-order valence-corrected chi connectivity index (χ2v) is 10.3. The molecule has 49 heavy (non-hydrogen) atoms. The molecule has 10 aromatic rings. The molecule has 0 fully saturated rings. The zero-order valence-corrected chi connectivity index (χ0v) is 24.3. The quantitative estimate of drug-likeness (QED) is 0.185. The minimum absolute atomic E-state index is 0.379. The minimum atomic E-state index is -1.25. The van der Waals surface area contributed by atoms with E-state index in [-0.39, 0.29) is 5.39 Å². The fourth-order valence-corrected chi connectivity index (χ4v) is 5.34. The Labute approximate surface area is 323 Å². The normalized spacial score (nSPS) is 20.0. The van der Waals surface area contributed by atoms with Crippen LogP contribution in [0.15, 0.2) is 184 Å². The molecule has 3 nitrogen and oxygen atoms in total. The molecule has 0 saturated heterocycles. The highest BCUT2D eigenvalue weighted by molar-refractivity contribution is 6.19. The summed E-state index contributed by atoms with van der Waals surface area (Å²) in [5, 5.41) is -3.22. The lowest BCUT2D eigenvalue weighted by molar-refractivity contribution is 0.669. The van der Waals surface area contributed by atoms with Crippen molar-refractivity contribution in [1.82, 2.24) is 0 Å². The summed E-state index contributed by atoms with van der Waals surface area (Å²) in [6.07, 6.45) is 0. The van der Waals surface area contributed by atoms with Crippen molar-refractivity contribution in [3.05, 3.63) is 175 Å². The molecule has 0 saturated carbocycles. The van der Waals surface area contributed by atoms with E-state index in [4.69, 9.17) is 33.5 Å². The van der Waals surface area contributed by atoms with Crippen LogP contribution >= 0.6 is 0 Å². The van der Waals surface area contributed by atoms with Crippen LogP contribution in [0.5, 0.6) is 0 Å². The maximum atomic E-state index is 9.67. The van der Waals surface area contributed by atoms with E-state index in [0.29, 0.717) is 4.90 Å². The highest BCUT2D eigenvalue weighted by Gasteiger charge is 2.20. The molecule has 230 valence electrons. The van der Waals surface area contributed by atoms with Crippen molar-refractivity contribution in [3.8, 4) is 22.3 Å².